The maximum Gasteiger partial charge on any atom is 0.128 e. The molecule has 2 atom stereocenters. The quantitative estimate of drug-likeness (QED) is 0.932. The van der Waals surface area contributed by atoms with Crippen LogP contribution in [0, 0.1) is 12.8 Å². The standard InChI is InChI=1S/C14H22BrN3/c1-10-12(15)7-8-14(17-10)18(2)13-6-4-3-5-11(13)9-16/h7-8,11,13H,3-6,9,16H2,1-2H3. The average Bonchev–Trinajstić information content (AvgIpc) is 2.41. The van der Waals surface area contributed by atoms with Gasteiger partial charge in [-0.2, -0.15) is 0 Å². The highest BCUT2D eigenvalue weighted by Crippen LogP contribution is 2.30. The minimum atomic E-state index is 0.539. The molecule has 0 amide bonds. The van der Waals surface area contributed by atoms with Crippen molar-refractivity contribution in [2.75, 3.05) is 18.5 Å². The molecule has 0 radical (unpaired) electrons. The molecule has 0 aliphatic heterocycles. The van der Waals surface area contributed by atoms with Crippen molar-refractivity contribution in [3.05, 3.63) is 22.3 Å². The van der Waals surface area contributed by atoms with E-state index in [2.05, 4.69) is 45.0 Å². The number of pyridine rings is 1. The molecule has 1 aliphatic rings. The van der Waals surface area contributed by atoms with Crippen LogP contribution in [0.25, 0.3) is 0 Å². The number of nitrogens with zero attached hydrogens (tertiary/aromatic N) is 2. The van der Waals surface area contributed by atoms with Gasteiger partial charge in [-0.1, -0.05) is 12.8 Å². The smallest absolute Gasteiger partial charge is 0.128 e. The Morgan fingerprint density at radius 3 is 2.78 bits per heavy atom. The molecule has 1 aliphatic carbocycles. The molecule has 3 nitrogen and oxygen atoms in total. The van der Waals surface area contributed by atoms with Gasteiger partial charge in [-0.3, -0.25) is 0 Å². The van der Waals surface area contributed by atoms with Gasteiger partial charge in [-0.15, -0.1) is 0 Å². The zero-order valence-corrected chi connectivity index (χ0v) is 12.8. The number of aromatic nitrogens is 1. The number of nitrogens with two attached hydrogens (primary N) is 1. The lowest BCUT2D eigenvalue weighted by molar-refractivity contribution is 0.305. The Balaban J connectivity index is 2.18. The third kappa shape index (κ3) is 2.86. The number of hydrogen-bond donors (Lipinski definition) is 1. The zero-order chi connectivity index (χ0) is 13.1. The van der Waals surface area contributed by atoms with E-state index in [4.69, 9.17) is 5.73 Å². The van der Waals surface area contributed by atoms with Crippen molar-refractivity contribution < 1.29 is 0 Å². The molecule has 2 unspecified atom stereocenters. The molecule has 1 aromatic heterocycles. The first-order chi connectivity index (χ1) is 8.63. The summed E-state index contributed by atoms with van der Waals surface area (Å²) in [5.41, 5.74) is 6.95. The summed E-state index contributed by atoms with van der Waals surface area (Å²) in [7, 11) is 2.15. The van der Waals surface area contributed by atoms with Gasteiger partial charge in [-0.05, 0) is 60.3 Å². The molecule has 1 aromatic rings. The third-order valence-corrected chi connectivity index (χ3v) is 4.88. The Bertz CT molecular complexity index is 408. The predicted octanol–water partition coefficient (Wildman–Crippen LogP) is 3.11. The van der Waals surface area contributed by atoms with E-state index in [1.165, 1.54) is 25.7 Å². The Kier molecular flexibility index (Phi) is 4.62. The number of rotatable bonds is 3. The molecule has 1 fully saturated rings. The van der Waals surface area contributed by atoms with Gasteiger partial charge < -0.3 is 10.6 Å². The van der Waals surface area contributed by atoms with Gasteiger partial charge in [0, 0.05) is 17.6 Å². The van der Waals surface area contributed by atoms with E-state index in [-0.39, 0.29) is 0 Å². The van der Waals surface area contributed by atoms with E-state index < -0.39 is 0 Å². The number of aryl methyl sites for hydroxylation is 1. The molecule has 1 saturated carbocycles. The predicted molar refractivity (Wildman–Crippen MR) is 79.9 cm³/mol. The van der Waals surface area contributed by atoms with Crippen LogP contribution in [0.3, 0.4) is 0 Å². The lowest BCUT2D eigenvalue weighted by Gasteiger charge is -2.38. The van der Waals surface area contributed by atoms with Gasteiger partial charge in [0.05, 0.1) is 5.69 Å². The highest BCUT2D eigenvalue weighted by Gasteiger charge is 2.28. The van der Waals surface area contributed by atoms with Crippen LogP contribution in [0.1, 0.15) is 31.4 Å². The van der Waals surface area contributed by atoms with Crippen LogP contribution in [0.15, 0.2) is 16.6 Å². The largest absolute Gasteiger partial charge is 0.356 e. The van der Waals surface area contributed by atoms with Crippen LogP contribution in [0.5, 0.6) is 0 Å². The monoisotopic (exact) mass is 311 g/mol. The molecule has 4 heteroatoms. The zero-order valence-electron chi connectivity index (χ0n) is 11.2. The maximum absolute atomic E-state index is 5.91. The first-order valence-electron chi connectivity index (χ1n) is 6.69. The van der Waals surface area contributed by atoms with Crippen molar-refractivity contribution in [3.63, 3.8) is 0 Å². The highest BCUT2D eigenvalue weighted by molar-refractivity contribution is 9.10. The van der Waals surface area contributed by atoms with Crippen molar-refractivity contribution in [2.45, 2.75) is 38.6 Å². The van der Waals surface area contributed by atoms with E-state index in [1.807, 2.05) is 6.92 Å². The summed E-state index contributed by atoms with van der Waals surface area (Å²) in [5.74, 6) is 1.66. The Morgan fingerprint density at radius 2 is 2.11 bits per heavy atom. The fraction of sp³-hybridized carbons (Fsp3) is 0.643. The Hall–Kier alpha value is -0.610. The molecule has 2 N–H and O–H groups in total. The molecule has 1 heterocycles. The molecule has 0 aromatic carbocycles. The molecule has 2 rings (SSSR count). The first-order valence-corrected chi connectivity index (χ1v) is 7.49. The molecule has 18 heavy (non-hydrogen) atoms. The van der Waals surface area contributed by atoms with E-state index in [9.17, 15) is 0 Å². The maximum atomic E-state index is 5.91. The lowest BCUT2D eigenvalue weighted by atomic mass is 9.84. The SMILES string of the molecule is Cc1nc(N(C)C2CCCCC2CN)ccc1Br. The minimum absolute atomic E-state index is 0.539. The number of hydrogen-bond acceptors (Lipinski definition) is 3. The van der Waals surface area contributed by atoms with Gasteiger partial charge in [0.15, 0.2) is 0 Å². The summed E-state index contributed by atoms with van der Waals surface area (Å²) in [6, 6.07) is 4.70. The van der Waals surface area contributed by atoms with Crippen molar-refractivity contribution in [2.24, 2.45) is 11.7 Å². The van der Waals surface area contributed by atoms with Gasteiger partial charge in [0.25, 0.3) is 0 Å². The summed E-state index contributed by atoms with van der Waals surface area (Å²) in [6.07, 6.45) is 5.11. The second kappa shape index (κ2) is 6.02. The average molecular weight is 312 g/mol. The van der Waals surface area contributed by atoms with Gasteiger partial charge in [-0.25, -0.2) is 4.98 Å². The molecular formula is C14H22BrN3. The third-order valence-electron chi connectivity index (χ3n) is 4.04. The molecule has 100 valence electrons. The van der Waals surface area contributed by atoms with Crippen LogP contribution >= 0.6 is 15.9 Å². The molecular weight excluding hydrogens is 290 g/mol. The fourth-order valence-electron chi connectivity index (χ4n) is 2.87. The van der Waals surface area contributed by atoms with Gasteiger partial charge >= 0.3 is 0 Å². The number of halogens is 1. The lowest BCUT2D eigenvalue weighted by Crippen LogP contribution is -2.43. The molecule has 0 saturated heterocycles. The summed E-state index contributed by atoms with van der Waals surface area (Å²) < 4.78 is 1.07. The minimum Gasteiger partial charge on any atom is -0.356 e. The van der Waals surface area contributed by atoms with E-state index in [1.54, 1.807) is 0 Å². The van der Waals surface area contributed by atoms with Crippen LogP contribution in [0.4, 0.5) is 5.82 Å². The van der Waals surface area contributed by atoms with Crippen molar-refractivity contribution in [1.29, 1.82) is 0 Å². The molecule has 0 bridgehead atoms. The molecule has 0 spiro atoms. The van der Waals surface area contributed by atoms with Crippen molar-refractivity contribution in [1.82, 2.24) is 4.98 Å². The van der Waals surface area contributed by atoms with Crippen molar-refractivity contribution >= 4 is 21.7 Å². The Labute approximate surface area is 118 Å². The van der Waals surface area contributed by atoms with Gasteiger partial charge in [0.1, 0.15) is 5.82 Å². The van der Waals surface area contributed by atoms with Crippen molar-refractivity contribution in [3.8, 4) is 0 Å². The highest BCUT2D eigenvalue weighted by atomic mass is 79.9. The van der Waals surface area contributed by atoms with E-state index >= 15 is 0 Å². The second-order valence-electron chi connectivity index (χ2n) is 5.20. The van der Waals surface area contributed by atoms with Gasteiger partial charge in [0.2, 0.25) is 0 Å². The Morgan fingerprint density at radius 1 is 1.39 bits per heavy atom. The summed E-state index contributed by atoms with van der Waals surface area (Å²) >= 11 is 3.50. The van der Waals surface area contributed by atoms with Crippen LogP contribution < -0.4 is 10.6 Å². The normalized spacial score (nSPS) is 24.0. The van der Waals surface area contributed by atoms with Crippen LogP contribution in [0.2, 0.25) is 0 Å². The summed E-state index contributed by atoms with van der Waals surface area (Å²) in [6.45, 7) is 2.81. The second-order valence-corrected chi connectivity index (χ2v) is 6.05. The van der Waals surface area contributed by atoms with Crippen LogP contribution in [-0.4, -0.2) is 24.6 Å². The fourth-order valence-corrected chi connectivity index (χ4v) is 3.09. The topological polar surface area (TPSA) is 42.2 Å². The first kappa shape index (κ1) is 13.8. The summed E-state index contributed by atoms with van der Waals surface area (Å²) in [5, 5.41) is 0. The van der Waals surface area contributed by atoms with E-state index in [0.717, 1.165) is 22.5 Å². The number of anilines is 1. The van der Waals surface area contributed by atoms with Crippen LogP contribution in [-0.2, 0) is 0 Å². The van der Waals surface area contributed by atoms with E-state index in [0.29, 0.717) is 12.0 Å². The summed E-state index contributed by atoms with van der Waals surface area (Å²) in [4.78, 5) is 6.97.